The highest BCUT2D eigenvalue weighted by Crippen LogP contribution is 2.34. The molecule has 0 N–H and O–H groups in total. The van der Waals surface area contributed by atoms with Gasteiger partial charge in [-0.15, -0.1) is 10.2 Å². The minimum atomic E-state index is -0.178. The summed E-state index contributed by atoms with van der Waals surface area (Å²) in [6.07, 6.45) is 0. The highest BCUT2D eigenvalue weighted by molar-refractivity contribution is 7.99. The van der Waals surface area contributed by atoms with Crippen molar-refractivity contribution in [3.05, 3.63) is 46.3 Å². The van der Waals surface area contributed by atoms with Crippen LogP contribution in [-0.4, -0.2) is 29.3 Å². The van der Waals surface area contributed by atoms with Crippen molar-refractivity contribution in [3.8, 4) is 0 Å². The molecule has 0 bridgehead atoms. The Labute approximate surface area is 159 Å². The molecule has 1 aromatic carbocycles. The van der Waals surface area contributed by atoms with Gasteiger partial charge in [0.25, 0.3) is 5.56 Å². The third-order valence-electron chi connectivity index (χ3n) is 4.34. The van der Waals surface area contributed by atoms with Gasteiger partial charge in [0.15, 0.2) is 11.0 Å². The van der Waals surface area contributed by atoms with Crippen molar-refractivity contribution in [3.63, 3.8) is 0 Å². The maximum atomic E-state index is 12.5. The van der Waals surface area contributed by atoms with Gasteiger partial charge in [-0.2, -0.15) is 4.98 Å². The second-order valence-electron chi connectivity index (χ2n) is 7.47. The average molecular weight is 384 g/mol. The van der Waals surface area contributed by atoms with Gasteiger partial charge in [-0.1, -0.05) is 49.8 Å². The van der Waals surface area contributed by atoms with E-state index in [1.165, 1.54) is 16.3 Å². The van der Waals surface area contributed by atoms with E-state index < -0.39 is 0 Å². The number of hydrogen-bond acceptors (Lipinski definition) is 7. The van der Waals surface area contributed by atoms with Gasteiger partial charge < -0.3 is 4.52 Å². The summed E-state index contributed by atoms with van der Waals surface area (Å²) in [5, 5.41) is 13.8. The largest absolute Gasteiger partial charge is 0.338 e. The molecule has 1 atom stereocenters. The number of rotatable bonds is 3. The maximum Gasteiger partial charge on any atom is 0.262 e. The number of fused-ring (bicyclic) bond motifs is 3. The van der Waals surface area contributed by atoms with Gasteiger partial charge in [0.05, 0.1) is 16.2 Å². The summed E-state index contributed by atoms with van der Waals surface area (Å²) in [5.41, 5.74) is 0.500. The minimum Gasteiger partial charge on any atom is -0.338 e. The molecule has 3 aromatic heterocycles. The molecule has 0 fully saturated rings. The minimum absolute atomic E-state index is 0.0955. The van der Waals surface area contributed by atoms with Gasteiger partial charge in [-0.25, -0.2) is 0 Å². The van der Waals surface area contributed by atoms with E-state index in [0.717, 1.165) is 5.52 Å². The van der Waals surface area contributed by atoms with Crippen molar-refractivity contribution in [1.29, 1.82) is 0 Å². The van der Waals surface area contributed by atoms with Gasteiger partial charge in [-0.3, -0.25) is 13.8 Å². The fourth-order valence-corrected chi connectivity index (χ4v) is 3.69. The van der Waals surface area contributed by atoms with Crippen LogP contribution in [0.25, 0.3) is 16.7 Å². The van der Waals surface area contributed by atoms with Crippen molar-refractivity contribution in [1.82, 2.24) is 29.3 Å². The number of thioether (sulfide) groups is 1. The molecule has 0 aliphatic rings. The van der Waals surface area contributed by atoms with Crippen molar-refractivity contribution in [2.24, 2.45) is 7.05 Å². The molecular weight excluding hydrogens is 364 g/mol. The van der Waals surface area contributed by atoms with Gasteiger partial charge >= 0.3 is 0 Å². The number of nitrogens with zero attached hydrogens (tertiary/aromatic N) is 6. The molecule has 4 rings (SSSR count). The highest BCUT2D eigenvalue weighted by atomic mass is 32.2. The van der Waals surface area contributed by atoms with Crippen LogP contribution in [0.4, 0.5) is 0 Å². The van der Waals surface area contributed by atoms with Crippen LogP contribution < -0.4 is 5.56 Å². The summed E-state index contributed by atoms with van der Waals surface area (Å²) in [6, 6.07) is 7.45. The highest BCUT2D eigenvalue weighted by Gasteiger charge is 2.25. The van der Waals surface area contributed by atoms with Crippen molar-refractivity contribution in [2.45, 2.75) is 43.5 Å². The lowest BCUT2D eigenvalue weighted by Gasteiger charge is -2.11. The molecule has 0 aliphatic carbocycles. The Morgan fingerprint density at radius 3 is 2.63 bits per heavy atom. The number of aromatic nitrogens is 6. The van der Waals surface area contributed by atoms with Crippen LogP contribution in [0.5, 0.6) is 0 Å². The molecule has 0 radical (unpaired) electrons. The van der Waals surface area contributed by atoms with Crippen LogP contribution in [0.1, 0.15) is 44.7 Å². The smallest absolute Gasteiger partial charge is 0.262 e. The Kier molecular flexibility index (Phi) is 4.06. The first-order valence-corrected chi connectivity index (χ1v) is 9.49. The lowest BCUT2D eigenvalue weighted by atomic mass is 9.96. The van der Waals surface area contributed by atoms with Crippen molar-refractivity contribution < 1.29 is 4.52 Å². The molecule has 0 amide bonds. The molecular formula is C18H20N6O2S. The van der Waals surface area contributed by atoms with E-state index in [1.54, 1.807) is 7.05 Å². The molecule has 0 spiro atoms. The predicted molar refractivity (Wildman–Crippen MR) is 103 cm³/mol. The van der Waals surface area contributed by atoms with E-state index in [0.29, 0.717) is 28.0 Å². The zero-order valence-electron chi connectivity index (χ0n) is 15.8. The molecule has 0 saturated heterocycles. The molecule has 140 valence electrons. The molecule has 8 nitrogen and oxygen atoms in total. The summed E-state index contributed by atoms with van der Waals surface area (Å²) in [6.45, 7) is 8.10. The second kappa shape index (κ2) is 6.19. The normalized spacial score (nSPS) is 13.5. The molecule has 0 saturated carbocycles. The Balaban J connectivity index is 1.79. The third kappa shape index (κ3) is 2.91. The SMILES string of the molecule is CC(Sc1nnc2n(C)c(=O)c3ccccc3n12)c1nc(C(C)(C)C)no1. The topological polar surface area (TPSA) is 91.1 Å². The van der Waals surface area contributed by atoms with Crippen LogP contribution in [0.15, 0.2) is 38.7 Å². The molecule has 4 aromatic rings. The molecule has 0 aliphatic heterocycles. The van der Waals surface area contributed by atoms with Crippen LogP contribution >= 0.6 is 11.8 Å². The van der Waals surface area contributed by atoms with E-state index in [9.17, 15) is 4.79 Å². The van der Waals surface area contributed by atoms with Crippen LogP contribution in [0, 0.1) is 0 Å². The molecule has 27 heavy (non-hydrogen) atoms. The Morgan fingerprint density at radius 1 is 1.19 bits per heavy atom. The molecule has 1 unspecified atom stereocenters. The quantitative estimate of drug-likeness (QED) is 0.501. The fourth-order valence-electron chi connectivity index (χ4n) is 2.80. The lowest BCUT2D eigenvalue weighted by molar-refractivity contribution is 0.364. The van der Waals surface area contributed by atoms with E-state index in [4.69, 9.17) is 4.52 Å². The third-order valence-corrected chi connectivity index (χ3v) is 5.37. The van der Waals surface area contributed by atoms with E-state index >= 15 is 0 Å². The fraction of sp³-hybridized carbons (Fsp3) is 0.389. The first kappa shape index (κ1) is 17.7. The van der Waals surface area contributed by atoms with Gasteiger partial charge in [-0.05, 0) is 19.1 Å². The van der Waals surface area contributed by atoms with Gasteiger partial charge in [0, 0.05) is 12.5 Å². The molecule has 3 heterocycles. The summed E-state index contributed by atoms with van der Waals surface area (Å²) in [7, 11) is 1.70. The Bertz CT molecular complexity index is 1200. The maximum absolute atomic E-state index is 12.5. The number of aryl methyl sites for hydroxylation is 1. The first-order valence-electron chi connectivity index (χ1n) is 8.61. The van der Waals surface area contributed by atoms with Gasteiger partial charge in [0.1, 0.15) is 0 Å². The van der Waals surface area contributed by atoms with Crippen LogP contribution in [-0.2, 0) is 12.5 Å². The zero-order valence-corrected chi connectivity index (χ0v) is 16.6. The lowest BCUT2D eigenvalue weighted by Crippen LogP contribution is -2.20. The summed E-state index contributed by atoms with van der Waals surface area (Å²) in [5.74, 6) is 1.70. The second-order valence-corrected chi connectivity index (χ2v) is 8.77. The Hall–Kier alpha value is -2.68. The van der Waals surface area contributed by atoms with Crippen LogP contribution in [0.2, 0.25) is 0 Å². The van der Waals surface area contributed by atoms with Crippen molar-refractivity contribution in [2.75, 3.05) is 0 Å². The number of para-hydroxylation sites is 1. The molecule has 9 heteroatoms. The van der Waals surface area contributed by atoms with E-state index in [1.807, 2.05) is 56.4 Å². The van der Waals surface area contributed by atoms with Crippen LogP contribution in [0.3, 0.4) is 0 Å². The van der Waals surface area contributed by atoms with Gasteiger partial charge in [0.2, 0.25) is 11.7 Å². The Morgan fingerprint density at radius 2 is 1.93 bits per heavy atom. The standard InChI is InChI=1S/C18H20N6O2S/c1-10(13-19-15(22-26-13)18(2,3)4)27-17-21-20-16-23(5)14(25)11-8-6-7-9-12(11)24(16)17/h6-10H,1-5H3. The predicted octanol–water partition coefficient (Wildman–Crippen LogP) is 3.12. The first-order chi connectivity index (χ1) is 12.8. The summed E-state index contributed by atoms with van der Waals surface area (Å²) in [4.78, 5) is 17.1. The summed E-state index contributed by atoms with van der Waals surface area (Å²) >= 11 is 1.46. The zero-order chi connectivity index (χ0) is 19.3. The summed E-state index contributed by atoms with van der Waals surface area (Å²) < 4.78 is 8.85. The van der Waals surface area contributed by atoms with E-state index in [2.05, 4.69) is 20.3 Å². The van der Waals surface area contributed by atoms with Crippen molar-refractivity contribution >= 4 is 28.4 Å². The average Bonchev–Trinajstić information content (AvgIpc) is 3.27. The monoisotopic (exact) mass is 384 g/mol. The van der Waals surface area contributed by atoms with E-state index in [-0.39, 0.29) is 16.2 Å². The number of hydrogen-bond donors (Lipinski definition) is 0. The number of benzene rings is 1.